The van der Waals surface area contributed by atoms with Gasteiger partial charge in [-0.25, -0.2) is 14.3 Å². The smallest absolute Gasteiger partial charge is 0.407 e. The summed E-state index contributed by atoms with van der Waals surface area (Å²) < 4.78 is 6.57. The second-order valence-corrected chi connectivity index (χ2v) is 9.61. The highest BCUT2D eigenvalue weighted by Gasteiger charge is 2.42. The van der Waals surface area contributed by atoms with Gasteiger partial charge in [-0.3, -0.25) is 4.79 Å². The molecule has 3 fully saturated rings. The number of alkyl carbamates (subject to hydrolysis) is 1. The second kappa shape index (κ2) is 8.81. The van der Waals surface area contributed by atoms with Crippen molar-refractivity contribution in [3.8, 4) is 0 Å². The van der Waals surface area contributed by atoms with E-state index in [9.17, 15) is 9.59 Å². The molecule has 2 amide bonds. The first-order chi connectivity index (χ1) is 15.9. The van der Waals surface area contributed by atoms with Gasteiger partial charge in [0.15, 0.2) is 5.65 Å². The molecule has 0 radical (unpaired) electrons. The number of piperidine rings is 1. The van der Waals surface area contributed by atoms with Crippen molar-refractivity contribution in [2.45, 2.75) is 63.6 Å². The van der Waals surface area contributed by atoms with Crippen molar-refractivity contribution in [2.24, 2.45) is 11.7 Å². The van der Waals surface area contributed by atoms with Gasteiger partial charge in [0.2, 0.25) is 5.91 Å². The number of likely N-dealkylation sites (tertiary alicyclic amines) is 1. The molecule has 2 aromatic heterocycles. The number of fused-ring (bicyclic) bond motifs is 1. The molecule has 3 atom stereocenters. The number of nitrogens with zero attached hydrogens (tertiary/aromatic N) is 5. The van der Waals surface area contributed by atoms with Crippen LogP contribution in [0.1, 0.15) is 55.8 Å². The molecule has 5 rings (SSSR count). The number of aromatic nitrogens is 3. The summed E-state index contributed by atoms with van der Waals surface area (Å²) in [6.45, 7) is 4.42. The van der Waals surface area contributed by atoms with Gasteiger partial charge in [-0.2, -0.15) is 5.10 Å². The van der Waals surface area contributed by atoms with Crippen LogP contribution in [0.5, 0.6) is 0 Å². The van der Waals surface area contributed by atoms with Crippen LogP contribution in [0.4, 0.5) is 10.6 Å². The Hall–Kier alpha value is -2.88. The minimum Gasteiger partial charge on any atom is -0.453 e. The maximum atomic E-state index is 13.5. The van der Waals surface area contributed by atoms with E-state index in [0.29, 0.717) is 6.54 Å². The van der Waals surface area contributed by atoms with E-state index in [1.54, 1.807) is 0 Å². The van der Waals surface area contributed by atoms with E-state index in [1.807, 2.05) is 28.6 Å². The van der Waals surface area contributed by atoms with E-state index >= 15 is 0 Å². The van der Waals surface area contributed by atoms with Crippen LogP contribution in [0.3, 0.4) is 0 Å². The lowest BCUT2D eigenvalue weighted by molar-refractivity contribution is -0.138. The van der Waals surface area contributed by atoms with Crippen molar-refractivity contribution in [3.05, 3.63) is 23.5 Å². The molecule has 4 heterocycles. The first kappa shape index (κ1) is 21.9. The number of carbonyl (C=O) groups is 2. The molecule has 0 spiro atoms. The van der Waals surface area contributed by atoms with Crippen LogP contribution in [0.25, 0.3) is 5.65 Å². The van der Waals surface area contributed by atoms with Crippen molar-refractivity contribution in [2.75, 3.05) is 31.6 Å². The molecule has 0 bridgehead atoms. The molecule has 2 aromatic rings. The molecule has 1 unspecified atom stereocenters. The average molecular weight is 456 g/mol. The molecule has 3 N–H and O–H groups in total. The van der Waals surface area contributed by atoms with Gasteiger partial charge in [0.05, 0.1) is 18.8 Å². The number of rotatable bonds is 5. The summed E-state index contributed by atoms with van der Waals surface area (Å²) in [7, 11) is 1.32. The van der Waals surface area contributed by atoms with E-state index < -0.39 is 12.1 Å². The third-order valence-electron chi connectivity index (χ3n) is 7.09. The van der Waals surface area contributed by atoms with E-state index in [-0.39, 0.29) is 23.9 Å². The highest BCUT2D eigenvalue weighted by Crippen LogP contribution is 2.37. The van der Waals surface area contributed by atoms with Crippen molar-refractivity contribution in [3.63, 3.8) is 0 Å². The summed E-state index contributed by atoms with van der Waals surface area (Å²) in [5.74, 6) is 1.09. The lowest BCUT2D eigenvalue weighted by Crippen LogP contribution is -2.52. The third-order valence-corrected chi connectivity index (χ3v) is 7.09. The standard InChI is InChI=1S/C23H33N7O3/c1-14-12-30-19(25-21(14)28-10-8-16(24)13-28)11-17(27-30)18-5-3-4-9-29(18)22(31)20(15-6-7-15)26-23(32)33-2/h11-12,15-16,18,20H,3-10,13,24H2,1-2H3,(H,26,32)/t16?,18-,20-/m0/s1. The van der Waals surface area contributed by atoms with E-state index in [2.05, 4.69) is 10.2 Å². The molecular formula is C23H33N7O3. The summed E-state index contributed by atoms with van der Waals surface area (Å²) in [6, 6.07) is 1.51. The number of hydrogen-bond donors (Lipinski definition) is 2. The Kier molecular flexibility index (Phi) is 5.86. The van der Waals surface area contributed by atoms with Gasteiger partial charge in [-0.15, -0.1) is 0 Å². The van der Waals surface area contributed by atoms with Crippen LogP contribution in [0, 0.1) is 12.8 Å². The van der Waals surface area contributed by atoms with Gasteiger partial charge >= 0.3 is 6.09 Å². The van der Waals surface area contributed by atoms with Crippen molar-refractivity contribution in [1.29, 1.82) is 0 Å². The number of anilines is 1. The lowest BCUT2D eigenvalue weighted by Gasteiger charge is -2.37. The van der Waals surface area contributed by atoms with Crippen LogP contribution in [0.2, 0.25) is 0 Å². The number of carbonyl (C=O) groups excluding carboxylic acids is 2. The molecule has 2 saturated heterocycles. The fourth-order valence-electron chi connectivity index (χ4n) is 5.16. The molecule has 10 heteroatoms. The molecule has 2 aliphatic heterocycles. The van der Waals surface area contributed by atoms with Gasteiger partial charge < -0.3 is 25.6 Å². The molecule has 1 saturated carbocycles. The minimum atomic E-state index is -0.560. The number of hydrogen-bond acceptors (Lipinski definition) is 7. The second-order valence-electron chi connectivity index (χ2n) is 9.61. The number of nitrogens with two attached hydrogens (primary N) is 1. The molecular weight excluding hydrogens is 422 g/mol. The zero-order chi connectivity index (χ0) is 23.1. The van der Waals surface area contributed by atoms with Crippen LogP contribution in [-0.2, 0) is 9.53 Å². The molecule has 178 valence electrons. The van der Waals surface area contributed by atoms with E-state index in [1.165, 1.54) is 7.11 Å². The molecule has 1 aliphatic carbocycles. The molecule has 10 nitrogen and oxygen atoms in total. The highest BCUT2D eigenvalue weighted by molar-refractivity contribution is 5.86. The summed E-state index contributed by atoms with van der Waals surface area (Å²) in [6.07, 6.45) is 7.13. The molecule has 33 heavy (non-hydrogen) atoms. The zero-order valence-corrected chi connectivity index (χ0v) is 19.4. The highest BCUT2D eigenvalue weighted by atomic mass is 16.5. The predicted octanol–water partition coefficient (Wildman–Crippen LogP) is 1.76. The largest absolute Gasteiger partial charge is 0.453 e. The topological polar surface area (TPSA) is 118 Å². The number of methoxy groups -OCH3 is 1. The summed E-state index contributed by atoms with van der Waals surface area (Å²) in [4.78, 5) is 34.4. The maximum Gasteiger partial charge on any atom is 0.407 e. The van der Waals surface area contributed by atoms with Gasteiger partial charge in [0, 0.05) is 43.5 Å². The minimum absolute atomic E-state index is 0.0412. The summed E-state index contributed by atoms with van der Waals surface area (Å²) in [5, 5.41) is 7.58. The van der Waals surface area contributed by atoms with Crippen molar-refractivity contribution in [1.82, 2.24) is 24.8 Å². The first-order valence-corrected chi connectivity index (χ1v) is 12.0. The lowest BCUT2D eigenvalue weighted by atomic mass is 9.97. The van der Waals surface area contributed by atoms with Gasteiger partial charge in [-0.05, 0) is 51.4 Å². The Balaban J connectivity index is 1.42. The third kappa shape index (κ3) is 4.36. The monoisotopic (exact) mass is 455 g/mol. The van der Waals surface area contributed by atoms with Gasteiger partial charge in [0.25, 0.3) is 0 Å². The zero-order valence-electron chi connectivity index (χ0n) is 19.4. The fraction of sp³-hybridized carbons (Fsp3) is 0.652. The quantitative estimate of drug-likeness (QED) is 0.705. The Morgan fingerprint density at radius 3 is 2.73 bits per heavy atom. The average Bonchev–Trinajstić information content (AvgIpc) is 3.44. The Labute approximate surface area is 193 Å². The normalized spacial score (nSPS) is 24.2. The number of amides is 2. The Morgan fingerprint density at radius 2 is 2.03 bits per heavy atom. The van der Waals surface area contributed by atoms with Gasteiger partial charge in [0.1, 0.15) is 11.9 Å². The summed E-state index contributed by atoms with van der Waals surface area (Å²) >= 11 is 0. The van der Waals surface area contributed by atoms with E-state index in [4.69, 9.17) is 20.6 Å². The van der Waals surface area contributed by atoms with Crippen molar-refractivity contribution < 1.29 is 14.3 Å². The SMILES string of the molecule is COC(=O)N[C@H](C(=O)N1CCCC[C@H]1c1cc2nc(N3CCC(N)C3)c(C)cn2n1)C1CC1. The number of ether oxygens (including phenoxy) is 1. The number of aryl methyl sites for hydroxylation is 1. The first-order valence-electron chi connectivity index (χ1n) is 12.0. The fourth-order valence-corrected chi connectivity index (χ4v) is 5.16. The van der Waals surface area contributed by atoms with Crippen LogP contribution >= 0.6 is 0 Å². The predicted molar refractivity (Wildman–Crippen MR) is 123 cm³/mol. The molecule has 0 aromatic carbocycles. The molecule has 3 aliphatic rings. The Morgan fingerprint density at radius 1 is 1.21 bits per heavy atom. The summed E-state index contributed by atoms with van der Waals surface area (Å²) in [5.41, 5.74) is 8.77. The van der Waals surface area contributed by atoms with Gasteiger partial charge in [-0.1, -0.05) is 0 Å². The van der Waals surface area contributed by atoms with Crippen molar-refractivity contribution >= 4 is 23.5 Å². The number of nitrogens with one attached hydrogen (secondary N) is 1. The Bertz CT molecular complexity index is 1050. The van der Waals surface area contributed by atoms with Crippen LogP contribution in [-0.4, -0.2) is 70.3 Å². The van der Waals surface area contributed by atoms with E-state index in [0.717, 1.165) is 74.3 Å². The van der Waals surface area contributed by atoms with Crippen LogP contribution in [0.15, 0.2) is 12.3 Å². The maximum absolute atomic E-state index is 13.5. The van der Waals surface area contributed by atoms with Crippen LogP contribution < -0.4 is 16.0 Å².